The highest BCUT2D eigenvalue weighted by atomic mass is 32.1. The number of carbonyl (C=O) groups excluding carboxylic acids is 1. The van der Waals surface area contributed by atoms with Crippen LogP contribution in [0.4, 0.5) is 14.3 Å². The van der Waals surface area contributed by atoms with Crippen LogP contribution < -0.4 is 19.7 Å². The third-order valence-electron chi connectivity index (χ3n) is 4.77. The van der Waals surface area contributed by atoms with Crippen LogP contribution in [0.2, 0.25) is 0 Å². The highest BCUT2D eigenvalue weighted by Crippen LogP contribution is 2.43. The number of ether oxygens (including phenoxy) is 3. The van der Waals surface area contributed by atoms with Crippen LogP contribution in [-0.2, 0) is 4.74 Å². The second-order valence-corrected chi connectivity index (χ2v) is 7.28. The lowest BCUT2D eigenvalue weighted by atomic mass is 10.00. The number of rotatable bonds is 2. The molecule has 4 heterocycles. The van der Waals surface area contributed by atoms with Crippen molar-refractivity contribution in [3.8, 4) is 11.5 Å². The number of anilines is 1. The first-order valence-electron chi connectivity index (χ1n) is 8.21. The van der Waals surface area contributed by atoms with E-state index in [1.165, 1.54) is 11.3 Å². The first-order chi connectivity index (χ1) is 12.2. The van der Waals surface area contributed by atoms with Gasteiger partial charge in [0.1, 0.15) is 25.4 Å². The van der Waals surface area contributed by atoms with Gasteiger partial charge in [-0.05, 0) is 18.6 Å². The van der Waals surface area contributed by atoms with E-state index in [0.29, 0.717) is 48.4 Å². The Kier molecular flexibility index (Phi) is 3.46. The number of halogens is 1. The van der Waals surface area contributed by atoms with Crippen molar-refractivity contribution in [2.45, 2.75) is 24.6 Å². The number of carbonyl (C=O) groups is 1. The monoisotopic (exact) mass is 365 g/mol. The number of benzene rings is 1. The lowest BCUT2D eigenvalue weighted by molar-refractivity contribution is -0.0150. The first kappa shape index (κ1) is 15.2. The van der Waals surface area contributed by atoms with Gasteiger partial charge in [0, 0.05) is 0 Å². The van der Waals surface area contributed by atoms with E-state index in [1.54, 1.807) is 4.90 Å². The van der Waals surface area contributed by atoms with Crippen molar-refractivity contribution in [3.05, 3.63) is 12.1 Å². The van der Waals surface area contributed by atoms with Crippen molar-refractivity contribution in [2.24, 2.45) is 0 Å². The molecule has 3 unspecified atom stereocenters. The van der Waals surface area contributed by atoms with Crippen LogP contribution in [0.1, 0.15) is 6.42 Å². The number of amides is 2. The van der Waals surface area contributed by atoms with E-state index in [2.05, 4.69) is 10.3 Å². The summed E-state index contributed by atoms with van der Waals surface area (Å²) in [5, 5.41) is 3.49. The minimum absolute atomic E-state index is 0.143. The zero-order valence-electron chi connectivity index (χ0n) is 13.2. The molecule has 2 fully saturated rings. The number of fused-ring (bicyclic) bond motifs is 4. The van der Waals surface area contributed by atoms with Crippen molar-refractivity contribution < 1.29 is 23.4 Å². The van der Waals surface area contributed by atoms with Crippen LogP contribution in [0.3, 0.4) is 0 Å². The molecule has 2 aromatic rings. The average molecular weight is 365 g/mol. The Morgan fingerprint density at radius 1 is 1.36 bits per heavy atom. The Bertz CT molecular complexity index is 844. The molecule has 2 amide bonds. The number of nitrogens with zero attached hydrogens (tertiary/aromatic N) is 2. The molecule has 2 saturated heterocycles. The van der Waals surface area contributed by atoms with Gasteiger partial charge < -0.3 is 19.5 Å². The maximum atomic E-state index is 13.0. The van der Waals surface area contributed by atoms with Crippen molar-refractivity contribution in [2.75, 3.05) is 31.4 Å². The highest BCUT2D eigenvalue weighted by molar-refractivity contribution is 7.22. The fraction of sp³-hybridized carbons (Fsp3) is 0.500. The second kappa shape index (κ2) is 5.70. The van der Waals surface area contributed by atoms with Crippen LogP contribution in [0, 0.1) is 0 Å². The van der Waals surface area contributed by atoms with Gasteiger partial charge in [0.05, 0.1) is 29.5 Å². The predicted molar refractivity (Wildman–Crippen MR) is 89.5 cm³/mol. The van der Waals surface area contributed by atoms with Crippen molar-refractivity contribution in [3.63, 3.8) is 0 Å². The molecule has 1 N–H and O–H groups in total. The number of urea groups is 1. The van der Waals surface area contributed by atoms with E-state index in [-0.39, 0.29) is 18.1 Å². The number of hydrogen-bond acceptors (Lipinski definition) is 6. The molecular formula is C16H16FN3O4S. The summed E-state index contributed by atoms with van der Waals surface area (Å²) in [6.45, 7) is 0.754. The molecule has 0 aliphatic carbocycles. The molecule has 0 saturated carbocycles. The van der Waals surface area contributed by atoms with Gasteiger partial charge in [-0.3, -0.25) is 4.90 Å². The fourth-order valence-electron chi connectivity index (χ4n) is 3.58. The molecule has 25 heavy (non-hydrogen) atoms. The normalized spacial score (nSPS) is 28.1. The SMILES string of the molecule is O=C1NC2COC(CF)CC2N1c1nc2c3c(ccc2s1)OCCO3. The molecule has 0 bridgehead atoms. The Balaban J connectivity index is 1.54. The van der Waals surface area contributed by atoms with Crippen molar-refractivity contribution >= 4 is 32.7 Å². The van der Waals surface area contributed by atoms with Crippen LogP contribution in [0.5, 0.6) is 11.5 Å². The van der Waals surface area contributed by atoms with Gasteiger partial charge in [-0.25, -0.2) is 14.2 Å². The first-order valence-corrected chi connectivity index (χ1v) is 9.02. The van der Waals surface area contributed by atoms with E-state index < -0.39 is 12.8 Å². The molecule has 3 aliphatic heterocycles. The Morgan fingerprint density at radius 2 is 2.24 bits per heavy atom. The Hall–Kier alpha value is -2.13. The lowest BCUT2D eigenvalue weighted by Gasteiger charge is -2.32. The van der Waals surface area contributed by atoms with Gasteiger partial charge in [-0.15, -0.1) is 0 Å². The van der Waals surface area contributed by atoms with Crippen LogP contribution in [-0.4, -0.2) is 55.7 Å². The summed E-state index contributed by atoms with van der Waals surface area (Å²) in [6, 6.07) is 3.26. The third-order valence-corrected chi connectivity index (χ3v) is 5.79. The molecular weight excluding hydrogens is 349 g/mol. The largest absolute Gasteiger partial charge is 0.486 e. The minimum Gasteiger partial charge on any atom is -0.486 e. The zero-order valence-corrected chi connectivity index (χ0v) is 14.1. The molecule has 0 radical (unpaired) electrons. The van der Waals surface area contributed by atoms with E-state index >= 15 is 0 Å². The molecule has 3 aliphatic rings. The third kappa shape index (κ3) is 2.33. The van der Waals surface area contributed by atoms with Crippen molar-refractivity contribution in [1.82, 2.24) is 10.3 Å². The number of aromatic nitrogens is 1. The Labute approximate surface area is 146 Å². The summed E-state index contributed by atoms with van der Waals surface area (Å²) in [4.78, 5) is 18.8. The van der Waals surface area contributed by atoms with E-state index in [9.17, 15) is 9.18 Å². The van der Waals surface area contributed by atoms with Crippen LogP contribution in [0.25, 0.3) is 10.2 Å². The highest BCUT2D eigenvalue weighted by Gasteiger charge is 2.45. The standard InChI is InChI=1S/C16H16FN3O4S/c17-6-8-5-10-9(7-24-8)18-15(21)20(10)16-19-13-12(25-16)2-1-11-14(13)23-4-3-22-11/h1-2,8-10H,3-7H2,(H,18,21). The molecule has 1 aromatic carbocycles. The number of nitrogens with one attached hydrogen (secondary N) is 1. The van der Waals surface area contributed by atoms with Gasteiger partial charge in [0.25, 0.3) is 0 Å². The molecule has 5 rings (SSSR count). The number of alkyl halides is 1. The predicted octanol–water partition coefficient (Wildman–Crippen LogP) is 2.09. The molecule has 132 valence electrons. The smallest absolute Gasteiger partial charge is 0.324 e. The quantitative estimate of drug-likeness (QED) is 0.882. The van der Waals surface area contributed by atoms with E-state index in [4.69, 9.17) is 14.2 Å². The lowest BCUT2D eigenvalue weighted by Crippen LogP contribution is -2.47. The second-order valence-electron chi connectivity index (χ2n) is 6.27. The van der Waals surface area contributed by atoms with E-state index in [1.807, 2.05) is 12.1 Å². The number of hydrogen-bond donors (Lipinski definition) is 1. The summed E-state index contributed by atoms with van der Waals surface area (Å²) in [6.07, 6.45) is -0.0246. The molecule has 3 atom stereocenters. The molecule has 0 spiro atoms. The van der Waals surface area contributed by atoms with Gasteiger partial charge in [0.2, 0.25) is 0 Å². The van der Waals surface area contributed by atoms with Crippen LogP contribution in [0.15, 0.2) is 12.1 Å². The zero-order chi connectivity index (χ0) is 17.0. The average Bonchev–Trinajstić information content (AvgIpc) is 3.20. The molecule has 9 heteroatoms. The molecule has 1 aromatic heterocycles. The minimum atomic E-state index is -0.552. The van der Waals surface area contributed by atoms with E-state index in [0.717, 1.165) is 4.70 Å². The van der Waals surface area contributed by atoms with Crippen molar-refractivity contribution in [1.29, 1.82) is 0 Å². The maximum Gasteiger partial charge on any atom is 0.324 e. The summed E-state index contributed by atoms with van der Waals surface area (Å²) in [7, 11) is 0. The summed E-state index contributed by atoms with van der Waals surface area (Å²) >= 11 is 1.42. The summed E-state index contributed by atoms with van der Waals surface area (Å²) in [5.41, 5.74) is 0.697. The van der Waals surface area contributed by atoms with Gasteiger partial charge in [-0.1, -0.05) is 11.3 Å². The summed E-state index contributed by atoms with van der Waals surface area (Å²) < 4.78 is 30.7. The van der Waals surface area contributed by atoms with Gasteiger partial charge in [0.15, 0.2) is 16.6 Å². The number of thiazole rings is 1. The topological polar surface area (TPSA) is 72.9 Å². The van der Waals surface area contributed by atoms with Crippen LogP contribution >= 0.6 is 11.3 Å². The Morgan fingerprint density at radius 3 is 3.12 bits per heavy atom. The fourth-order valence-corrected chi connectivity index (χ4v) is 4.60. The van der Waals surface area contributed by atoms with Gasteiger partial charge in [-0.2, -0.15) is 0 Å². The molecule has 7 nitrogen and oxygen atoms in total. The summed E-state index contributed by atoms with van der Waals surface area (Å²) in [5.74, 6) is 1.29. The van der Waals surface area contributed by atoms with Gasteiger partial charge >= 0.3 is 6.03 Å². The maximum absolute atomic E-state index is 13.0.